The van der Waals surface area contributed by atoms with Crippen LogP contribution in [-0.2, 0) is 14.3 Å². The zero-order valence-corrected chi connectivity index (χ0v) is 11.6. The maximum Gasteiger partial charge on any atom is 0.407 e. The Bertz CT molecular complexity index is 309. The van der Waals surface area contributed by atoms with Crippen molar-refractivity contribution in [1.82, 2.24) is 5.32 Å². The summed E-state index contributed by atoms with van der Waals surface area (Å²) in [5.74, 6) is -1.03. The van der Waals surface area contributed by atoms with Crippen LogP contribution in [0.4, 0.5) is 4.79 Å². The number of carboxylic acids is 1. The summed E-state index contributed by atoms with van der Waals surface area (Å²) in [6, 6.07) is -0.873. The summed E-state index contributed by atoms with van der Waals surface area (Å²) >= 11 is 0. The highest BCUT2D eigenvalue weighted by Crippen LogP contribution is 2.31. The monoisotopic (exact) mass is 273 g/mol. The Labute approximate surface area is 113 Å². The zero-order chi connectivity index (χ0) is 14.3. The van der Waals surface area contributed by atoms with Gasteiger partial charge in [-0.05, 0) is 12.8 Å². The average Bonchev–Trinajstić information content (AvgIpc) is 2.33. The highest BCUT2D eigenvalue weighted by Gasteiger charge is 2.38. The third-order valence-corrected chi connectivity index (χ3v) is 3.51. The molecule has 6 heteroatoms. The lowest BCUT2D eigenvalue weighted by Gasteiger charge is -2.39. The van der Waals surface area contributed by atoms with Crippen LogP contribution < -0.4 is 5.32 Å². The smallest absolute Gasteiger partial charge is 0.407 e. The maximum absolute atomic E-state index is 11.6. The Morgan fingerprint density at radius 2 is 2.11 bits per heavy atom. The first-order chi connectivity index (χ1) is 9.03. The quantitative estimate of drug-likeness (QED) is 0.704. The molecule has 0 bridgehead atoms. The van der Waals surface area contributed by atoms with Gasteiger partial charge in [-0.3, -0.25) is 0 Å². The minimum absolute atomic E-state index is 0.0839. The summed E-state index contributed by atoms with van der Waals surface area (Å²) in [7, 11) is 0. The van der Waals surface area contributed by atoms with E-state index >= 15 is 0 Å². The molecule has 1 fully saturated rings. The van der Waals surface area contributed by atoms with E-state index in [-0.39, 0.29) is 12.0 Å². The molecular weight excluding hydrogens is 250 g/mol. The molecule has 0 aromatic heterocycles. The summed E-state index contributed by atoms with van der Waals surface area (Å²) in [4.78, 5) is 22.6. The molecule has 0 spiro atoms. The second-order valence-corrected chi connectivity index (χ2v) is 5.10. The fourth-order valence-corrected chi connectivity index (χ4v) is 1.85. The van der Waals surface area contributed by atoms with E-state index in [2.05, 4.69) is 5.32 Å². The molecular formula is C13H23NO5. The standard InChI is InChI=1S/C13H23NO5/c1-3-5-6-10(11(15)16)14-12(17)19-9-13(4-2)7-18-8-13/h10H,3-9H2,1-2H3,(H,14,17)(H,15,16)/t10-/m0/s1. The number of alkyl carbamates (subject to hydrolysis) is 1. The molecule has 1 atom stereocenters. The lowest BCUT2D eigenvalue weighted by molar-refractivity contribution is -0.142. The number of unbranched alkanes of at least 4 members (excludes halogenated alkanes) is 1. The first-order valence-corrected chi connectivity index (χ1v) is 6.77. The van der Waals surface area contributed by atoms with E-state index in [1.807, 2.05) is 13.8 Å². The predicted octanol–water partition coefficient (Wildman–Crippen LogP) is 1.78. The van der Waals surface area contributed by atoms with Gasteiger partial charge in [-0.2, -0.15) is 0 Å². The van der Waals surface area contributed by atoms with Crippen molar-refractivity contribution in [2.24, 2.45) is 5.41 Å². The fourth-order valence-electron chi connectivity index (χ4n) is 1.85. The van der Waals surface area contributed by atoms with Crippen molar-refractivity contribution in [2.75, 3.05) is 19.8 Å². The van der Waals surface area contributed by atoms with Gasteiger partial charge in [0, 0.05) is 0 Å². The highest BCUT2D eigenvalue weighted by atomic mass is 16.6. The third kappa shape index (κ3) is 4.70. The predicted molar refractivity (Wildman–Crippen MR) is 69.0 cm³/mol. The number of rotatable bonds is 8. The first-order valence-electron chi connectivity index (χ1n) is 6.77. The molecule has 0 radical (unpaired) electrons. The Morgan fingerprint density at radius 3 is 2.53 bits per heavy atom. The minimum atomic E-state index is -1.03. The zero-order valence-electron chi connectivity index (χ0n) is 11.6. The molecule has 110 valence electrons. The minimum Gasteiger partial charge on any atom is -0.480 e. The maximum atomic E-state index is 11.6. The van der Waals surface area contributed by atoms with Gasteiger partial charge < -0.3 is 19.9 Å². The number of carbonyl (C=O) groups excluding carboxylic acids is 1. The topological polar surface area (TPSA) is 84.9 Å². The Hall–Kier alpha value is -1.30. The summed E-state index contributed by atoms with van der Waals surface area (Å²) in [5.41, 5.74) is -0.0839. The van der Waals surface area contributed by atoms with Gasteiger partial charge in [-0.25, -0.2) is 9.59 Å². The number of ether oxygens (including phenoxy) is 2. The van der Waals surface area contributed by atoms with Gasteiger partial charge in [-0.15, -0.1) is 0 Å². The van der Waals surface area contributed by atoms with Gasteiger partial charge in [0.1, 0.15) is 12.6 Å². The van der Waals surface area contributed by atoms with E-state index in [1.54, 1.807) is 0 Å². The molecule has 19 heavy (non-hydrogen) atoms. The van der Waals surface area contributed by atoms with Crippen LogP contribution in [0.3, 0.4) is 0 Å². The molecule has 1 aliphatic rings. The van der Waals surface area contributed by atoms with Crippen molar-refractivity contribution in [1.29, 1.82) is 0 Å². The summed E-state index contributed by atoms with van der Waals surface area (Å²) in [6.07, 6.45) is 2.27. The first kappa shape index (κ1) is 15.8. The molecule has 0 unspecified atom stereocenters. The number of amides is 1. The van der Waals surface area contributed by atoms with E-state index < -0.39 is 18.1 Å². The second-order valence-electron chi connectivity index (χ2n) is 5.10. The van der Waals surface area contributed by atoms with E-state index in [9.17, 15) is 9.59 Å². The molecule has 0 aromatic carbocycles. The van der Waals surface area contributed by atoms with E-state index in [1.165, 1.54) is 0 Å². The van der Waals surface area contributed by atoms with Crippen LogP contribution in [0, 0.1) is 5.41 Å². The molecule has 1 aliphatic heterocycles. The number of aliphatic carboxylic acids is 1. The van der Waals surface area contributed by atoms with Crippen LogP contribution in [0.25, 0.3) is 0 Å². The largest absolute Gasteiger partial charge is 0.480 e. The molecule has 1 saturated heterocycles. The lowest BCUT2D eigenvalue weighted by atomic mass is 9.84. The average molecular weight is 273 g/mol. The second kappa shape index (κ2) is 7.33. The van der Waals surface area contributed by atoms with E-state index in [4.69, 9.17) is 14.6 Å². The van der Waals surface area contributed by atoms with E-state index in [0.29, 0.717) is 19.6 Å². The normalized spacial score (nSPS) is 18.2. The van der Waals surface area contributed by atoms with Gasteiger partial charge in [0.25, 0.3) is 0 Å². The van der Waals surface area contributed by atoms with E-state index in [0.717, 1.165) is 19.3 Å². The molecule has 1 heterocycles. The number of hydrogen-bond acceptors (Lipinski definition) is 4. The van der Waals surface area contributed by atoms with Crippen LogP contribution in [0.15, 0.2) is 0 Å². The van der Waals surface area contributed by atoms with Crippen LogP contribution in [-0.4, -0.2) is 43.0 Å². The molecule has 1 rings (SSSR count). The number of hydrogen-bond donors (Lipinski definition) is 2. The molecule has 0 saturated carbocycles. The summed E-state index contributed by atoms with van der Waals surface area (Å²) < 4.78 is 10.2. The van der Waals surface area contributed by atoms with Crippen molar-refractivity contribution in [3.63, 3.8) is 0 Å². The summed E-state index contributed by atoms with van der Waals surface area (Å²) in [6.45, 7) is 5.45. The van der Waals surface area contributed by atoms with Gasteiger partial charge in [0.15, 0.2) is 0 Å². The highest BCUT2D eigenvalue weighted by molar-refractivity contribution is 5.79. The fraction of sp³-hybridized carbons (Fsp3) is 0.846. The van der Waals surface area contributed by atoms with Gasteiger partial charge in [0.2, 0.25) is 0 Å². The van der Waals surface area contributed by atoms with Gasteiger partial charge in [0.05, 0.1) is 18.6 Å². The summed E-state index contributed by atoms with van der Waals surface area (Å²) in [5, 5.41) is 11.4. The van der Waals surface area contributed by atoms with Gasteiger partial charge in [-0.1, -0.05) is 26.7 Å². The Kier molecular flexibility index (Phi) is 6.08. The molecule has 0 aromatic rings. The van der Waals surface area contributed by atoms with Crippen LogP contribution in [0.2, 0.25) is 0 Å². The Balaban J connectivity index is 2.33. The number of nitrogens with one attached hydrogen (secondary N) is 1. The van der Waals surface area contributed by atoms with Crippen LogP contribution in [0.1, 0.15) is 39.5 Å². The van der Waals surface area contributed by atoms with Crippen LogP contribution in [0.5, 0.6) is 0 Å². The number of carboxylic acid groups (broad SMARTS) is 1. The molecule has 0 aliphatic carbocycles. The van der Waals surface area contributed by atoms with Crippen molar-refractivity contribution < 1.29 is 24.2 Å². The van der Waals surface area contributed by atoms with Crippen LogP contribution >= 0.6 is 0 Å². The number of carbonyl (C=O) groups is 2. The van der Waals surface area contributed by atoms with Crippen molar-refractivity contribution >= 4 is 12.1 Å². The van der Waals surface area contributed by atoms with Gasteiger partial charge >= 0.3 is 12.1 Å². The SMILES string of the molecule is CCCC[C@H](NC(=O)OCC1(CC)COC1)C(=O)O. The van der Waals surface area contributed by atoms with Crippen molar-refractivity contribution in [3.05, 3.63) is 0 Å². The Morgan fingerprint density at radius 1 is 1.42 bits per heavy atom. The molecule has 2 N–H and O–H groups in total. The van der Waals surface area contributed by atoms with Crippen molar-refractivity contribution in [3.8, 4) is 0 Å². The molecule has 6 nitrogen and oxygen atoms in total. The lowest BCUT2D eigenvalue weighted by Crippen LogP contribution is -2.48. The third-order valence-electron chi connectivity index (χ3n) is 3.51. The van der Waals surface area contributed by atoms with Crippen molar-refractivity contribution in [2.45, 2.75) is 45.6 Å². The molecule has 1 amide bonds.